The van der Waals surface area contributed by atoms with Crippen LogP contribution in [0.3, 0.4) is 0 Å². The van der Waals surface area contributed by atoms with Crippen LogP contribution in [0.4, 0.5) is 0 Å². The van der Waals surface area contributed by atoms with E-state index in [0.29, 0.717) is 19.1 Å². The molecule has 2 heteroatoms. The number of aldehydes is 1. The first-order valence-corrected chi connectivity index (χ1v) is 3.25. The molecule has 0 amide bonds. The minimum atomic E-state index is -0.139. The minimum Gasteiger partial charge on any atom is -0.379 e. The quantitative estimate of drug-likeness (QED) is 0.515. The minimum absolute atomic E-state index is 0.139. The maximum absolute atomic E-state index is 10.5. The van der Waals surface area contributed by atoms with E-state index in [1.54, 1.807) is 0 Å². The highest BCUT2D eigenvalue weighted by Gasteiger charge is 2.41. The van der Waals surface area contributed by atoms with Crippen molar-refractivity contribution in [3.8, 4) is 0 Å². The molecule has 0 spiro atoms. The summed E-state index contributed by atoms with van der Waals surface area (Å²) in [6.07, 6.45) is 1.03. The van der Waals surface area contributed by atoms with E-state index in [4.69, 9.17) is 4.74 Å². The second-order valence-electron chi connectivity index (χ2n) is 3.00. The summed E-state index contributed by atoms with van der Waals surface area (Å²) >= 11 is 0. The Kier molecular flexibility index (Phi) is 1.58. The first-order valence-electron chi connectivity index (χ1n) is 3.25. The molecule has 9 heavy (non-hydrogen) atoms. The second kappa shape index (κ2) is 2.10. The molecule has 0 aromatic rings. The molecule has 0 aromatic heterocycles. The van der Waals surface area contributed by atoms with Crippen LogP contribution in [0.15, 0.2) is 0 Å². The second-order valence-corrected chi connectivity index (χ2v) is 3.00. The number of carbonyl (C=O) groups excluding carboxylic acids is 1. The molecule has 1 aliphatic rings. The molecule has 0 radical (unpaired) electrons. The molecule has 0 aliphatic carbocycles. The highest BCUT2D eigenvalue weighted by atomic mass is 16.5. The Hall–Kier alpha value is -0.370. The maximum Gasteiger partial charge on any atom is 0.131 e. The first-order chi connectivity index (χ1) is 4.21. The van der Waals surface area contributed by atoms with Crippen LogP contribution in [0, 0.1) is 11.3 Å². The van der Waals surface area contributed by atoms with Crippen molar-refractivity contribution < 1.29 is 9.53 Å². The van der Waals surface area contributed by atoms with Gasteiger partial charge in [0.2, 0.25) is 0 Å². The molecule has 0 aromatic carbocycles. The molecule has 1 aliphatic heterocycles. The van der Waals surface area contributed by atoms with E-state index >= 15 is 0 Å². The van der Waals surface area contributed by atoms with E-state index in [0.717, 1.165) is 6.29 Å². The molecule has 1 saturated heterocycles. The van der Waals surface area contributed by atoms with Crippen LogP contribution in [0.25, 0.3) is 0 Å². The van der Waals surface area contributed by atoms with E-state index < -0.39 is 0 Å². The van der Waals surface area contributed by atoms with Gasteiger partial charge in [-0.05, 0) is 5.92 Å². The smallest absolute Gasteiger partial charge is 0.131 e. The van der Waals surface area contributed by atoms with Crippen LogP contribution in [0.1, 0.15) is 13.8 Å². The van der Waals surface area contributed by atoms with Gasteiger partial charge in [0.15, 0.2) is 0 Å². The fourth-order valence-electron chi connectivity index (χ4n) is 0.875. The van der Waals surface area contributed by atoms with Crippen molar-refractivity contribution in [2.75, 3.05) is 13.2 Å². The van der Waals surface area contributed by atoms with Gasteiger partial charge in [-0.25, -0.2) is 0 Å². The molecule has 0 atom stereocenters. The Morgan fingerprint density at radius 3 is 2.11 bits per heavy atom. The summed E-state index contributed by atoms with van der Waals surface area (Å²) in [5, 5.41) is 0. The summed E-state index contributed by atoms with van der Waals surface area (Å²) < 4.78 is 4.96. The van der Waals surface area contributed by atoms with E-state index in [1.807, 2.05) is 0 Å². The van der Waals surface area contributed by atoms with Crippen LogP contribution in [-0.4, -0.2) is 19.5 Å². The topological polar surface area (TPSA) is 26.3 Å². The van der Waals surface area contributed by atoms with Crippen LogP contribution in [0.2, 0.25) is 0 Å². The molecule has 0 bridgehead atoms. The van der Waals surface area contributed by atoms with E-state index in [1.165, 1.54) is 0 Å². The third-order valence-electron chi connectivity index (χ3n) is 2.13. The Morgan fingerprint density at radius 2 is 2.11 bits per heavy atom. The molecule has 2 nitrogen and oxygen atoms in total. The number of hydrogen-bond acceptors (Lipinski definition) is 2. The fourth-order valence-corrected chi connectivity index (χ4v) is 0.875. The van der Waals surface area contributed by atoms with Crippen molar-refractivity contribution in [1.29, 1.82) is 0 Å². The molecule has 0 N–H and O–H groups in total. The number of carbonyl (C=O) groups is 1. The Bertz CT molecular complexity index is 114. The summed E-state index contributed by atoms with van der Waals surface area (Å²) in [6.45, 7) is 5.34. The SMILES string of the molecule is CC(C)C1(C=O)COC1. The van der Waals surface area contributed by atoms with Gasteiger partial charge in [0.1, 0.15) is 6.29 Å². The highest BCUT2D eigenvalue weighted by Crippen LogP contribution is 2.32. The predicted molar refractivity (Wildman–Crippen MR) is 34.2 cm³/mol. The Balaban J connectivity index is 2.56. The molecule has 0 unspecified atom stereocenters. The maximum atomic E-state index is 10.5. The van der Waals surface area contributed by atoms with Crippen molar-refractivity contribution in [1.82, 2.24) is 0 Å². The summed E-state index contributed by atoms with van der Waals surface area (Å²) in [6, 6.07) is 0. The first kappa shape index (κ1) is 6.75. The van der Waals surface area contributed by atoms with Gasteiger partial charge in [-0.2, -0.15) is 0 Å². The third-order valence-corrected chi connectivity index (χ3v) is 2.13. The Morgan fingerprint density at radius 1 is 1.56 bits per heavy atom. The van der Waals surface area contributed by atoms with Crippen molar-refractivity contribution in [2.24, 2.45) is 11.3 Å². The lowest BCUT2D eigenvalue weighted by Crippen LogP contribution is -2.47. The zero-order chi connectivity index (χ0) is 6.91. The Labute approximate surface area is 55.2 Å². The molecule has 1 fully saturated rings. The van der Waals surface area contributed by atoms with Crippen LogP contribution >= 0.6 is 0 Å². The van der Waals surface area contributed by atoms with Crippen LogP contribution in [0.5, 0.6) is 0 Å². The molecule has 52 valence electrons. The van der Waals surface area contributed by atoms with E-state index in [2.05, 4.69) is 13.8 Å². The van der Waals surface area contributed by atoms with Gasteiger partial charge in [0.05, 0.1) is 18.6 Å². The average molecular weight is 128 g/mol. The number of hydrogen-bond donors (Lipinski definition) is 0. The molecule has 1 rings (SSSR count). The number of rotatable bonds is 2. The largest absolute Gasteiger partial charge is 0.379 e. The zero-order valence-corrected chi connectivity index (χ0v) is 5.89. The zero-order valence-electron chi connectivity index (χ0n) is 5.89. The van der Waals surface area contributed by atoms with E-state index in [9.17, 15) is 4.79 Å². The summed E-state index contributed by atoms with van der Waals surface area (Å²) in [5.41, 5.74) is -0.139. The van der Waals surface area contributed by atoms with Crippen molar-refractivity contribution in [3.63, 3.8) is 0 Å². The molecule has 1 heterocycles. The van der Waals surface area contributed by atoms with E-state index in [-0.39, 0.29) is 5.41 Å². The lowest BCUT2D eigenvalue weighted by Gasteiger charge is -2.39. The standard InChI is InChI=1S/C7H12O2/c1-6(2)7(3-8)4-9-5-7/h3,6H,4-5H2,1-2H3. The fraction of sp³-hybridized carbons (Fsp3) is 0.857. The van der Waals surface area contributed by atoms with Crippen molar-refractivity contribution in [2.45, 2.75) is 13.8 Å². The molecular weight excluding hydrogens is 116 g/mol. The van der Waals surface area contributed by atoms with Gasteiger partial charge in [0.25, 0.3) is 0 Å². The monoisotopic (exact) mass is 128 g/mol. The number of ether oxygens (including phenoxy) is 1. The molecule has 0 saturated carbocycles. The lowest BCUT2D eigenvalue weighted by atomic mass is 9.77. The van der Waals surface area contributed by atoms with Gasteiger partial charge in [-0.3, -0.25) is 0 Å². The average Bonchev–Trinajstić information content (AvgIpc) is 1.62. The third kappa shape index (κ3) is 0.874. The summed E-state index contributed by atoms with van der Waals surface area (Å²) in [5.74, 6) is 0.420. The predicted octanol–water partition coefficient (Wildman–Crippen LogP) is 0.858. The summed E-state index contributed by atoms with van der Waals surface area (Å²) in [7, 11) is 0. The van der Waals surface area contributed by atoms with Gasteiger partial charge in [-0.15, -0.1) is 0 Å². The van der Waals surface area contributed by atoms with Gasteiger partial charge in [0, 0.05) is 0 Å². The van der Waals surface area contributed by atoms with Gasteiger partial charge in [-0.1, -0.05) is 13.8 Å². The normalized spacial score (nSPS) is 23.4. The van der Waals surface area contributed by atoms with Crippen molar-refractivity contribution >= 4 is 6.29 Å². The van der Waals surface area contributed by atoms with Crippen LogP contribution in [-0.2, 0) is 9.53 Å². The van der Waals surface area contributed by atoms with Crippen molar-refractivity contribution in [3.05, 3.63) is 0 Å². The highest BCUT2D eigenvalue weighted by molar-refractivity contribution is 5.61. The summed E-state index contributed by atoms with van der Waals surface area (Å²) in [4.78, 5) is 10.5. The molecular formula is C7H12O2. The van der Waals surface area contributed by atoms with Gasteiger partial charge < -0.3 is 9.53 Å². The van der Waals surface area contributed by atoms with Crippen LogP contribution < -0.4 is 0 Å². The lowest BCUT2D eigenvalue weighted by molar-refractivity contribution is -0.156. The van der Waals surface area contributed by atoms with Gasteiger partial charge >= 0.3 is 0 Å².